The van der Waals surface area contributed by atoms with E-state index in [-0.39, 0.29) is 17.9 Å². The van der Waals surface area contributed by atoms with Gasteiger partial charge in [-0.25, -0.2) is 9.37 Å². The highest BCUT2D eigenvalue weighted by molar-refractivity contribution is 6.32. The second kappa shape index (κ2) is 8.51. The van der Waals surface area contributed by atoms with Crippen LogP contribution < -0.4 is 10.9 Å². The Balaban J connectivity index is 1.47. The summed E-state index contributed by atoms with van der Waals surface area (Å²) in [7, 11) is 0. The highest BCUT2D eigenvalue weighted by atomic mass is 35.5. The zero-order valence-corrected chi connectivity index (χ0v) is 18.3. The van der Waals surface area contributed by atoms with Crippen LogP contribution in [0, 0.1) is 12.7 Å². The number of hydrogen-bond donors (Lipinski definition) is 1. The molecule has 0 amide bonds. The molecule has 8 nitrogen and oxygen atoms in total. The molecular formula is C23H18ClFN6O2. The molecule has 5 aromatic rings. The molecule has 4 aromatic heterocycles. The highest BCUT2D eigenvalue weighted by Crippen LogP contribution is 2.23. The van der Waals surface area contributed by atoms with Crippen molar-refractivity contribution in [1.29, 1.82) is 0 Å². The first-order valence-corrected chi connectivity index (χ1v) is 10.5. The summed E-state index contributed by atoms with van der Waals surface area (Å²) in [6, 6.07) is 9.94. The van der Waals surface area contributed by atoms with Crippen molar-refractivity contribution in [2.45, 2.75) is 20.0 Å². The van der Waals surface area contributed by atoms with Crippen LogP contribution in [0.2, 0.25) is 5.02 Å². The van der Waals surface area contributed by atoms with Crippen LogP contribution in [0.4, 0.5) is 10.2 Å². The molecule has 1 aromatic carbocycles. The number of aryl methyl sites for hydroxylation is 1. The van der Waals surface area contributed by atoms with Gasteiger partial charge in [0, 0.05) is 29.9 Å². The van der Waals surface area contributed by atoms with Crippen LogP contribution in [0.1, 0.15) is 16.8 Å². The predicted molar refractivity (Wildman–Crippen MR) is 122 cm³/mol. The minimum Gasteiger partial charge on any atom is -0.366 e. The van der Waals surface area contributed by atoms with Crippen molar-refractivity contribution >= 4 is 28.3 Å². The molecule has 166 valence electrons. The molecule has 33 heavy (non-hydrogen) atoms. The summed E-state index contributed by atoms with van der Waals surface area (Å²) in [5, 5.41) is 12.1. The van der Waals surface area contributed by atoms with Crippen LogP contribution in [0.25, 0.3) is 16.6 Å². The quantitative estimate of drug-likeness (QED) is 0.402. The van der Waals surface area contributed by atoms with Gasteiger partial charge in [-0.3, -0.25) is 14.0 Å². The fraction of sp³-hybridized carbons (Fsp3) is 0.130. The smallest absolute Gasteiger partial charge is 0.266 e. The maximum absolute atomic E-state index is 14.1. The first kappa shape index (κ1) is 20.9. The molecule has 1 N–H and O–H groups in total. The third-order valence-electron chi connectivity index (χ3n) is 5.39. The Morgan fingerprint density at radius 3 is 2.82 bits per heavy atom. The van der Waals surface area contributed by atoms with Gasteiger partial charge in [-0.15, -0.1) is 0 Å². The molecule has 0 aliphatic heterocycles. The maximum atomic E-state index is 14.1. The van der Waals surface area contributed by atoms with Crippen LogP contribution >= 0.6 is 11.6 Å². The summed E-state index contributed by atoms with van der Waals surface area (Å²) in [6.45, 7) is 2.52. The van der Waals surface area contributed by atoms with Gasteiger partial charge in [0.05, 0.1) is 46.2 Å². The van der Waals surface area contributed by atoms with Gasteiger partial charge < -0.3 is 9.84 Å². The minimum absolute atomic E-state index is 0.214. The number of benzene rings is 1. The fourth-order valence-electron chi connectivity index (χ4n) is 3.56. The fourth-order valence-corrected chi connectivity index (χ4v) is 3.75. The third-order valence-corrected chi connectivity index (χ3v) is 5.68. The molecule has 10 heteroatoms. The summed E-state index contributed by atoms with van der Waals surface area (Å²) in [6.07, 6.45) is 6.16. The number of aromatic nitrogens is 5. The number of anilines is 1. The van der Waals surface area contributed by atoms with E-state index < -0.39 is 0 Å². The molecule has 0 saturated heterocycles. The summed E-state index contributed by atoms with van der Waals surface area (Å²) < 4.78 is 22.0. The van der Waals surface area contributed by atoms with E-state index in [1.807, 2.05) is 6.92 Å². The van der Waals surface area contributed by atoms with Crippen molar-refractivity contribution in [3.8, 4) is 5.69 Å². The van der Waals surface area contributed by atoms with Gasteiger partial charge >= 0.3 is 0 Å². The van der Waals surface area contributed by atoms with Crippen molar-refractivity contribution in [3.63, 3.8) is 0 Å². The lowest BCUT2D eigenvalue weighted by molar-refractivity contribution is 0.414. The van der Waals surface area contributed by atoms with Crippen LogP contribution in [0.5, 0.6) is 0 Å². The topological polar surface area (TPSA) is 90.8 Å². The van der Waals surface area contributed by atoms with E-state index in [1.165, 1.54) is 23.0 Å². The molecular weight excluding hydrogens is 447 g/mol. The Morgan fingerprint density at radius 2 is 2.03 bits per heavy atom. The SMILES string of the molecule is Cc1nocc1CNc1cc(-n2ccc3c(cnn3Cc3ccccc3F)c2=O)c(Cl)cn1. The highest BCUT2D eigenvalue weighted by Gasteiger charge is 2.14. The van der Waals surface area contributed by atoms with Gasteiger partial charge in [-0.1, -0.05) is 35.0 Å². The zero-order chi connectivity index (χ0) is 22.9. The van der Waals surface area contributed by atoms with Gasteiger partial charge in [0.25, 0.3) is 5.56 Å². The van der Waals surface area contributed by atoms with Crippen molar-refractivity contribution in [2.75, 3.05) is 5.32 Å². The van der Waals surface area contributed by atoms with E-state index in [9.17, 15) is 9.18 Å². The predicted octanol–water partition coefficient (Wildman–Crippen LogP) is 4.33. The molecule has 0 bridgehead atoms. The molecule has 0 unspecified atom stereocenters. The number of rotatable bonds is 6. The van der Waals surface area contributed by atoms with Gasteiger partial charge in [0.1, 0.15) is 17.9 Å². The molecule has 0 saturated carbocycles. The van der Waals surface area contributed by atoms with Crippen molar-refractivity contribution in [3.05, 3.63) is 99.3 Å². The van der Waals surface area contributed by atoms with Gasteiger partial charge in [0.2, 0.25) is 0 Å². The lowest BCUT2D eigenvalue weighted by Gasteiger charge is -2.11. The standard InChI is InChI=1S/C23H18ClFN6O2/c1-14-16(13-33-29-14)9-26-22-8-21(18(24)11-27-22)30-7-6-20-17(23(30)32)10-28-31(20)12-15-4-2-3-5-19(15)25/h2-8,10-11,13H,9,12H2,1H3,(H,26,27). The van der Waals surface area contributed by atoms with E-state index in [2.05, 4.69) is 20.6 Å². The van der Waals surface area contributed by atoms with E-state index in [4.69, 9.17) is 16.1 Å². The van der Waals surface area contributed by atoms with E-state index >= 15 is 0 Å². The average molecular weight is 465 g/mol. The molecule has 5 rings (SSSR count). The number of pyridine rings is 2. The summed E-state index contributed by atoms with van der Waals surface area (Å²) in [4.78, 5) is 17.5. The van der Waals surface area contributed by atoms with E-state index in [1.54, 1.807) is 47.5 Å². The Kier molecular flexibility index (Phi) is 5.39. The molecule has 0 fully saturated rings. The van der Waals surface area contributed by atoms with Crippen LogP contribution in [-0.2, 0) is 13.1 Å². The summed E-state index contributed by atoms with van der Waals surface area (Å²) >= 11 is 6.37. The normalized spacial score (nSPS) is 11.2. The van der Waals surface area contributed by atoms with Crippen LogP contribution in [-0.4, -0.2) is 24.5 Å². The Morgan fingerprint density at radius 1 is 1.18 bits per heavy atom. The number of fused-ring (bicyclic) bond motifs is 1. The van der Waals surface area contributed by atoms with Crippen LogP contribution in [0.15, 0.2) is 70.6 Å². The van der Waals surface area contributed by atoms with Crippen molar-refractivity contribution in [1.82, 2.24) is 24.5 Å². The zero-order valence-electron chi connectivity index (χ0n) is 17.5. The third kappa shape index (κ3) is 3.98. The Labute approximate surface area is 192 Å². The summed E-state index contributed by atoms with van der Waals surface area (Å²) in [5.74, 6) is 0.219. The van der Waals surface area contributed by atoms with Gasteiger partial charge in [0.15, 0.2) is 0 Å². The molecule has 0 radical (unpaired) electrons. The largest absolute Gasteiger partial charge is 0.366 e. The van der Waals surface area contributed by atoms with Crippen LogP contribution in [0.3, 0.4) is 0 Å². The second-order valence-electron chi connectivity index (χ2n) is 7.48. The molecule has 0 atom stereocenters. The first-order valence-electron chi connectivity index (χ1n) is 10.1. The molecule has 0 aliphatic rings. The van der Waals surface area contributed by atoms with Gasteiger partial charge in [-0.2, -0.15) is 5.10 Å². The monoisotopic (exact) mass is 464 g/mol. The van der Waals surface area contributed by atoms with E-state index in [0.29, 0.717) is 39.5 Å². The van der Waals surface area contributed by atoms with Crippen molar-refractivity contribution in [2.24, 2.45) is 0 Å². The minimum atomic E-state index is -0.320. The Bertz CT molecular complexity index is 1520. The number of hydrogen-bond acceptors (Lipinski definition) is 6. The second-order valence-corrected chi connectivity index (χ2v) is 7.89. The van der Waals surface area contributed by atoms with Gasteiger partial charge in [-0.05, 0) is 19.1 Å². The number of nitrogens with one attached hydrogen (secondary N) is 1. The average Bonchev–Trinajstić information content (AvgIpc) is 3.42. The lowest BCUT2D eigenvalue weighted by Crippen LogP contribution is -2.18. The Hall–Kier alpha value is -3.98. The number of halogens is 2. The maximum Gasteiger partial charge on any atom is 0.266 e. The van der Waals surface area contributed by atoms with Crippen molar-refractivity contribution < 1.29 is 8.91 Å². The summed E-state index contributed by atoms with van der Waals surface area (Å²) in [5.41, 5.74) is 2.96. The number of nitrogens with zero attached hydrogens (tertiary/aromatic N) is 5. The molecule has 0 spiro atoms. The lowest BCUT2D eigenvalue weighted by atomic mass is 10.2. The first-order chi connectivity index (χ1) is 16.0. The molecule has 4 heterocycles. The van der Waals surface area contributed by atoms with E-state index in [0.717, 1.165) is 11.3 Å². The molecule has 0 aliphatic carbocycles.